The highest BCUT2D eigenvalue weighted by atomic mass is 16.1. The number of hydrogen-bond donors (Lipinski definition) is 1. The SMILES string of the molecule is Cc1nc(N2CCCC3(CC3)C2)ncc1Cn1cc(C(=O)N[C@@H]2CCc3c2ncn3C)cn1. The van der Waals surface area contributed by atoms with Crippen LogP contribution in [0.1, 0.15) is 71.1 Å². The van der Waals surface area contributed by atoms with Gasteiger partial charge in [0.05, 0.1) is 36.4 Å². The Hall–Kier alpha value is -3.23. The Kier molecular flexibility index (Phi) is 4.74. The van der Waals surface area contributed by atoms with Gasteiger partial charge >= 0.3 is 0 Å². The van der Waals surface area contributed by atoms with E-state index in [1.165, 1.54) is 31.4 Å². The molecule has 3 aromatic heterocycles. The fourth-order valence-electron chi connectivity index (χ4n) is 5.36. The molecular formula is C24H30N8O. The first-order chi connectivity index (χ1) is 16.0. The summed E-state index contributed by atoms with van der Waals surface area (Å²) in [5.41, 5.74) is 5.25. The van der Waals surface area contributed by atoms with E-state index in [-0.39, 0.29) is 11.9 Å². The Bertz CT molecular complexity index is 1210. The lowest BCUT2D eigenvalue weighted by Gasteiger charge is -2.33. The van der Waals surface area contributed by atoms with Gasteiger partial charge in [-0.2, -0.15) is 5.10 Å². The average molecular weight is 447 g/mol. The van der Waals surface area contributed by atoms with Gasteiger partial charge in [0.2, 0.25) is 5.95 Å². The van der Waals surface area contributed by atoms with Crippen molar-refractivity contribution in [3.8, 4) is 0 Å². The van der Waals surface area contributed by atoms with Gasteiger partial charge in [0.15, 0.2) is 0 Å². The summed E-state index contributed by atoms with van der Waals surface area (Å²) in [6, 6.07) is -0.0372. The van der Waals surface area contributed by atoms with Crippen LogP contribution in [0.25, 0.3) is 0 Å². The number of rotatable bonds is 5. The van der Waals surface area contributed by atoms with Gasteiger partial charge < -0.3 is 14.8 Å². The zero-order valence-electron chi connectivity index (χ0n) is 19.3. The van der Waals surface area contributed by atoms with Gasteiger partial charge in [0.1, 0.15) is 0 Å². The molecule has 1 atom stereocenters. The molecule has 1 N–H and O–H groups in total. The maximum Gasteiger partial charge on any atom is 0.255 e. The van der Waals surface area contributed by atoms with Crippen molar-refractivity contribution in [2.45, 2.75) is 58.0 Å². The molecule has 1 spiro atoms. The van der Waals surface area contributed by atoms with Crippen molar-refractivity contribution in [3.05, 3.63) is 53.1 Å². The monoisotopic (exact) mass is 446 g/mol. The summed E-state index contributed by atoms with van der Waals surface area (Å²) >= 11 is 0. The minimum absolute atomic E-state index is 0.0372. The van der Waals surface area contributed by atoms with Gasteiger partial charge in [-0.1, -0.05) is 0 Å². The Morgan fingerprint density at radius 2 is 2.12 bits per heavy atom. The molecular weight excluding hydrogens is 416 g/mol. The van der Waals surface area contributed by atoms with Crippen molar-refractivity contribution < 1.29 is 4.79 Å². The van der Waals surface area contributed by atoms with Crippen LogP contribution in [0.3, 0.4) is 0 Å². The van der Waals surface area contributed by atoms with Crippen LogP contribution >= 0.6 is 0 Å². The number of amides is 1. The molecule has 2 aliphatic carbocycles. The molecule has 172 valence electrons. The summed E-state index contributed by atoms with van der Waals surface area (Å²) in [6.07, 6.45) is 14.2. The molecule has 0 radical (unpaired) electrons. The van der Waals surface area contributed by atoms with E-state index in [1.54, 1.807) is 17.1 Å². The van der Waals surface area contributed by atoms with E-state index in [4.69, 9.17) is 4.98 Å². The molecule has 9 nitrogen and oxygen atoms in total. The molecule has 0 unspecified atom stereocenters. The van der Waals surface area contributed by atoms with Crippen molar-refractivity contribution >= 4 is 11.9 Å². The van der Waals surface area contributed by atoms with Crippen LogP contribution in [0.4, 0.5) is 5.95 Å². The molecule has 1 aliphatic heterocycles. The van der Waals surface area contributed by atoms with Crippen LogP contribution in [0.5, 0.6) is 0 Å². The lowest BCUT2D eigenvalue weighted by molar-refractivity contribution is 0.0936. The fraction of sp³-hybridized carbons (Fsp3) is 0.542. The first kappa shape index (κ1) is 20.4. The molecule has 1 saturated carbocycles. The Morgan fingerprint density at radius 3 is 2.94 bits per heavy atom. The Morgan fingerprint density at radius 1 is 1.24 bits per heavy atom. The summed E-state index contributed by atoms with van der Waals surface area (Å²) in [5.74, 6) is 0.723. The van der Waals surface area contributed by atoms with Crippen molar-refractivity contribution in [1.29, 1.82) is 0 Å². The van der Waals surface area contributed by atoms with Crippen molar-refractivity contribution in [2.24, 2.45) is 12.5 Å². The molecule has 3 aliphatic rings. The molecule has 1 amide bonds. The van der Waals surface area contributed by atoms with Crippen LogP contribution in [-0.2, 0) is 20.0 Å². The van der Waals surface area contributed by atoms with E-state index in [0.717, 1.165) is 48.8 Å². The minimum Gasteiger partial charge on any atom is -0.343 e. The van der Waals surface area contributed by atoms with Gasteiger partial charge in [-0.15, -0.1) is 0 Å². The highest BCUT2D eigenvalue weighted by Gasteiger charge is 2.45. The van der Waals surface area contributed by atoms with E-state index < -0.39 is 0 Å². The van der Waals surface area contributed by atoms with Gasteiger partial charge in [-0.05, 0) is 50.9 Å². The molecule has 9 heteroatoms. The summed E-state index contributed by atoms with van der Waals surface area (Å²) in [4.78, 5) is 29.1. The number of piperidine rings is 1. The van der Waals surface area contributed by atoms with Crippen molar-refractivity contribution in [1.82, 2.24) is 34.6 Å². The van der Waals surface area contributed by atoms with Crippen LogP contribution in [-0.4, -0.2) is 48.3 Å². The third-order valence-electron chi connectivity index (χ3n) is 7.59. The van der Waals surface area contributed by atoms with Crippen LogP contribution < -0.4 is 10.2 Å². The number of fused-ring (bicyclic) bond motifs is 1. The van der Waals surface area contributed by atoms with E-state index >= 15 is 0 Å². The standard InChI is InChI=1S/C24H30N8O/c1-16-17(10-25-23(28-16)31-9-3-6-24(14-31)7-8-24)12-32-13-18(11-27-32)22(33)29-19-4-5-20-21(19)26-15-30(20)2/h10-11,13,15,19H,3-9,12,14H2,1-2H3,(H,29,33)/t19-/m1/s1. The van der Waals surface area contributed by atoms with Crippen LogP contribution in [0.2, 0.25) is 0 Å². The van der Waals surface area contributed by atoms with E-state index in [9.17, 15) is 4.79 Å². The number of anilines is 1. The molecule has 6 rings (SSSR count). The molecule has 4 heterocycles. The van der Waals surface area contributed by atoms with Gasteiger partial charge in [-0.25, -0.2) is 15.0 Å². The first-order valence-electron chi connectivity index (χ1n) is 11.9. The highest BCUT2D eigenvalue weighted by Crippen LogP contribution is 2.52. The highest BCUT2D eigenvalue weighted by molar-refractivity contribution is 5.94. The number of imidazole rings is 1. The summed E-state index contributed by atoms with van der Waals surface area (Å²) in [5, 5.41) is 7.52. The fourth-order valence-corrected chi connectivity index (χ4v) is 5.36. The third kappa shape index (κ3) is 3.79. The molecule has 0 aromatic carbocycles. The van der Waals surface area contributed by atoms with Gasteiger partial charge in [0, 0.05) is 49.5 Å². The zero-order chi connectivity index (χ0) is 22.6. The molecule has 2 fully saturated rings. The molecule has 33 heavy (non-hydrogen) atoms. The summed E-state index contributed by atoms with van der Waals surface area (Å²) < 4.78 is 3.81. The smallest absolute Gasteiger partial charge is 0.255 e. The molecule has 0 bridgehead atoms. The van der Waals surface area contributed by atoms with Crippen molar-refractivity contribution in [2.75, 3.05) is 18.0 Å². The average Bonchev–Trinajstić information content (AvgIpc) is 3.16. The Labute approximate surface area is 193 Å². The molecule has 1 saturated heterocycles. The number of carbonyl (C=O) groups is 1. The normalized spacial score (nSPS) is 20.8. The number of nitrogens with zero attached hydrogens (tertiary/aromatic N) is 7. The maximum absolute atomic E-state index is 12.8. The van der Waals surface area contributed by atoms with Gasteiger partial charge in [-0.3, -0.25) is 9.48 Å². The number of nitrogens with one attached hydrogen (secondary N) is 1. The maximum atomic E-state index is 12.8. The van der Waals surface area contributed by atoms with Crippen LogP contribution in [0, 0.1) is 12.3 Å². The largest absolute Gasteiger partial charge is 0.343 e. The number of aryl methyl sites for hydroxylation is 2. The predicted octanol–water partition coefficient (Wildman–Crippen LogP) is 2.56. The Balaban J connectivity index is 1.11. The zero-order valence-corrected chi connectivity index (χ0v) is 19.3. The number of hydrogen-bond acceptors (Lipinski definition) is 6. The second-order valence-corrected chi connectivity index (χ2v) is 9.98. The lowest BCUT2D eigenvalue weighted by Crippen LogP contribution is -2.37. The second kappa shape index (κ2) is 7.67. The second-order valence-electron chi connectivity index (χ2n) is 9.98. The molecule has 3 aromatic rings. The quantitative estimate of drug-likeness (QED) is 0.647. The van der Waals surface area contributed by atoms with Crippen molar-refractivity contribution in [3.63, 3.8) is 0 Å². The topological polar surface area (TPSA) is 93.8 Å². The summed E-state index contributed by atoms with van der Waals surface area (Å²) in [7, 11) is 1.99. The minimum atomic E-state index is -0.118. The first-order valence-corrected chi connectivity index (χ1v) is 11.9. The number of aromatic nitrogens is 6. The van der Waals surface area contributed by atoms with Crippen LogP contribution in [0.15, 0.2) is 24.9 Å². The van der Waals surface area contributed by atoms with Gasteiger partial charge in [0.25, 0.3) is 5.91 Å². The van der Waals surface area contributed by atoms with E-state index in [1.807, 2.05) is 31.1 Å². The summed E-state index contributed by atoms with van der Waals surface area (Å²) in [6.45, 7) is 4.69. The van der Waals surface area contributed by atoms with E-state index in [2.05, 4.69) is 25.3 Å². The predicted molar refractivity (Wildman–Crippen MR) is 123 cm³/mol. The third-order valence-corrected chi connectivity index (χ3v) is 7.59. The lowest BCUT2D eigenvalue weighted by atomic mass is 9.95. The number of carbonyl (C=O) groups excluding carboxylic acids is 1. The van der Waals surface area contributed by atoms with E-state index in [0.29, 0.717) is 17.5 Å².